The number of halogens is 1. The van der Waals surface area contributed by atoms with Crippen molar-refractivity contribution in [3.8, 4) is 0 Å². The molecule has 0 N–H and O–H groups in total. The molecule has 8 heteroatoms. The number of benzene rings is 2. The fourth-order valence-electron chi connectivity index (χ4n) is 2.96. The highest BCUT2D eigenvalue weighted by Gasteiger charge is 2.42. The van der Waals surface area contributed by atoms with Crippen molar-refractivity contribution in [1.82, 2.24) is 4.98 Å². The molecule has 0 unspecified atom stereocenters. The van der Waals surface area contributed by atoms with Gasteiger partial charge in [0.2, 0.25) is 0 Å². The van der Waals surface area contributed by atoms with E-state index in [9.17, 15) is 13.2 Å². The van der Waals surface area contributed by atoms with Crippen LogP contribution in [-0.4, -0.2) is 19.4 Å². The lowest BCUT2D eigenvalue weighted by molar-refractivity contribution is 0.253. The molecule has 1 aliphatic rings. The highest BCUT2D eigenvalue weighted by Crippen LogP contribution is 2.37. The quantitative estimate of drug-likeness (QED) is 0.665. The molecule has 3 aromatic rings. The Balaban J connectivity index is 1.85. The number of nitrogens with zero attached hydrogens (tertiary/aromatic N) is 3. The Hall–Kier alpha value is -2.90. The number of aromatic nitrogens is 1. The van der Waals surface area contributed by atoms with Crippen molar-refractivity contribution in [3.63, 3.8) is 0 Å². The van der Waals surface area contributed by atoms with Gasteiger partial charge in [0.1, 0.15) is 4.90 Å². The van der Waals surface area contributed by atoms with E-state index in [-0.39, 0.29) is 17.1 Å². The topological polar surface area (TPSA) is 70.6 Å². The van der Waals surface area contributed by atoms with Crippen molar-refractivity contribution < 1.29 is 13.2 Å². The standard InChI is InChI=1S/C19H14ClN3O3S/c20-15-9-7-14(8-10-15)13-22-17-5-1-2-6-18(17)27(25,26)23(19(22)24)16-4-3-11-21-12-16/h1-12H,13H2. The highest BCUT2D eigenvalue weighted by atomic mass is 35.5. The molecule has 0 saturated carbocycles. The molecule has 1 aliphatic heterocycles. The van der Waals surface area contributed by atoms with Gasteiger partial charge in [0.05, 0.1) is 24.1 Å². The number of amides is 2. The smallest absolute Gasteiger partial charge is 0.287 e. The minimum absolute atomic E-state index is 0.0717. The average Bonchev–Trinajstić information content (AvgIpc) is 2.67. The molecule has 2 heterocycles. The van der Waals surface area contributed by atoms with Gasteiger partial charge in [-0.15, -0.1) is 0 Å². The Bertz CT molecular complexity index is 1100. The Kier molecular flexibility index (Phi) is 4.33. The molecule has 0 fully saturated rings. The first kappa shape index (κ1) is 17.5. The van der Waals surface area contributed by atoms with E-state index in [0.717, 1.165) is 9.87 Å². The van der Waals surface area contributed by atoms with Gasteiger partial charge in [0.15, 0.2) is 0 Å². The summed E-state index contributed by atoms with van der Waals surface area (Å²) in [6, 6.07) is 16.0. The van der Waals surface area contributed by atoms with E-state index in [4.69, 9.17) is 11.6 Å². The average molecular weight is 400 g/mol. The normalized spacial score (nSPS) is 15.5. The van der Waals surface area contributed by atoms with Crippen molar-refractivity contribution in [2.75, 3.05) is 9.21 Å². The number of carbonyl (C=O) groups excluding carboxylic acids is 1. The molecule has 136 valence electrons. The number of para-hydroxylation sites is 1. The van der Waals surface area contributed by atoms with Crippen LogP contribution in [0, 0.1) is 0 Å². The fraction of sp³-hybridized carbons (Fsp3) is 0.0526. The van der Waals surface area contributed by atoms with Gasteiger partial charge >= 0.3 is 6.03 Å². The van der Waals surface area contributed by atoms with Gasteiger partial charge in [-0.3, -0.25) is 9.88 Å². The van der Waals surface area contributed by atoms with Crippen LogP contribution in [0.5, 0.6) is 0 Å². The summed E-state index contributed by atoms with van der Waals surface area (Å²) in [5, 5.41) is 0.587. The zero-order chi connectivity index (χ0) is 19.0. The largest absolute Gasteiger partial charge is 0.343 e. The van der Waals surface area contributed by atoms with E-state index < -0.39 is 16.1 Å². The second kappa shape index (κ2) is 6.68. The Morgan fingerprint density at radius 2 is 1.70 bits per heavy atom. The molecule has 0 saturated heterocycles. The summed E-state index contributed by atoms with van der Waals surface area (Å²) in [7, 11) is -4.04. The van der Waals surface area contributed by atoms with Gasteiger partial charge in [-0.2, -0.15) is 4.31 Å². The molecule has 27 heavy (non-hydrogen) atoms. The monoisotopic (exact) mass is 399 g/mol. The predicted molar refractivity (Wildman–Crippen MR) is 103 cm³/mol. The second-order valence-corrected chi connectivity index (χ2v) is 8.14. The number of hydrogen-bond acceptors (Lipinski definition) is 4. The number of carbonyl (C=O) groups is 1. The zero-order valence-corrected chi connectivity index (χ0v) is 15.6. The molecule has 0 spiro atoms. The molecular weight excluding hydrogens is 386 g/mol. The molecule has 2 amide bonds. The van der Waals surface area contributed by atoms with Gasteiger partial charge in [0, 0.05) is 11.2 Å². The summed E-state index contributed by atoms with van der Waals surface area (Å²) in [5.41, 5.74) is 1.36. The van der Waals surface area contributed by atoms with Crippen LogP contribution < -0.4 is 9.21 Å². The third-order valence-electron chi connectivity index (χ3n) is 4.21. The molecule has 6 nitrogen and oxygen atoms in total. The van der Waals surface area contributed by atoms with Crippen molar-refractivity contribution in [1.29, 1.82) is 0 Å². The fourth-order valence-corrected chi connectivity index (χ4v) is 4.67. The van der Waals surface area contributed by atoms with Crippen molar-refractivity contribution in [3.05, 3.63) is 83.6 Å². The van der Waals surface area contributed by atoms with Crippen LogP contribution in [0.25, 0.3) is 0 Å². The summed E-state index contributed by atoms with van der Waals surface area (Å²) in [5.74, 6) is 0. The number of sulfonamides is 1. The van der Waals surface area contributed by atoms with Gasteiger partial charge in [-0.05, 0) is 42.0 Å². The minimum atomic E-state index is -4.04. The highest BCUT2D eigenvalue weighted by molar-refractivity contribution is 7.94. The maximum atomic E-state index is 13.2. The van der Waals surface area contributed by atoms with Crippen LogP contribution in [0.3, 0.4) is 0 Å². The number of pyridine rings is 1. The van der Waals surface area contributed by atoms with Crippen molar-refractivity contribution in [2.24, 2.45) is 0 Å². The first-order chi connectivity index (χ1) is 13.0. The lowest BCUT2D eigenvalue weighted by Gasteiger charge is -2.36. The summed E-state index contributed by atoms with van der Waals surface area (Å²) in [4.78, 5) is 18.6. The number of hydrogen-bond donors (Lipinski definition) is 0. The number of rotatable bonds is 3. The minimum Gasteiger partial charge on any atom is -0.287 e. The summed E-state index contributed by atoms with van der Waals surface area (Å²) in [6.07, 6.45) is 2.87. The van der Waals surface area contributed by atoms with Crippen molar-refractivity contribution in [2.45, 2.75) is 11.4 Å². The number of urea groups is 1. The summed E-state index contributed by atoms with van der Waals surface area (Å²) in [6.45, 7) is 0.208. The number of anilines is 2. The van der Waals surface area contributed by atoms with E-state index in [1.54, 1.807) is 48.5 Å². The van der Waals surface area contributed by atoms with Crippen LogP contribution in [0.1, 0.15) is 5.56 Å². The maximum absolute atomic E-state index is 13.2. The molecular formula is C19H14ClN3O3S. The van der Waals surface area contributed by atoms with Gasteiger partial charge in [-0.25, -0.2) is 13.2 Å². The summed E-state index contributed by atoms with van der Waals surface area (Å²) >= 11 is 5.93. The van der Waals surface area contributed by atoms with Crippen LogP contribution in [0.4, 0.5) is 16.2 Å². The SMILES string of the molecule is O=C1N(Cc2ccc(Cl)cc2)c2ccccc2S(=O)(=O)N1c1cccnc1. The third-order valence-corrected chi connectivity index (χ3v) is 6.21. The zero-order valence-electron chi connectivity index (χ0n) is 14.0. The maximum Gasteiger partial charge on any atom is 0.343 e. The second-order valence-electron chi connectivity index (χ2n) is 5.94. The Morgan fingerprint density at radius 1 is 0.963 bits per heavy atom. The Morgan fingerprint density at radius 3 is 2.41 bits per heavy atom. The Labute approximate surface area is 161 Å². The number of fused-ring (bicyclic) bond motifs is 1. The van der Waals surface area contributed by atoms with E-state index in [0.29, 0.717) is 10.7 Å². The van der Waals surface area contributed by atoms with Crippen LogP contribution in [0.2, 0.25) is 5.02 Å². The van der Waals surface area contributed by atoms with Crippen LogP contribution in [0.15, 0.2) is 78.0 Å². The molecule has 2 aromatic carbocycles. The molecule has 4 rings (SSSR count). The summed E-state index contributed by atoms with van der Waals surface area (Å²) < 4.78 is 27.0. The lowest BCUT2D eigenvalue weighted by atomic mass is 10.2. The molecule has 0 atom stereocenters. The molecule has 0 bridgehead atoms. The van der Waals surface area contributed by atoms with Crippen LogP contribution in [-0.2, 0) is 16.6 Å². The van der Waals surface area contributed by atoms with Gasteiger partial charge < -0.3 is 0 Å². The molecule has 0 radical (unpaired) electrons. The van der Waals surface area contributed by atoms with E-state index >= 15 is 0 Å². The van der Waals surface area contributed by atoms with Gasteiger partial charge in [0.25, 0.3) is 10.0 Å². The molecule has 1 aromatic heterocycles. The first-order valence-electron chi connectivity index (χ1n) is 8.09. The van der Waals surface area contributed by atoms with E-state index in [1.165, 1.54) is 29.4 Å². The predicted octanol–water partition coefficient (Wildman–Crippen LogP) is 4.07. The van der Waals surface area contributed by atoms with Crippen molar-refractivity contribution >= 4 is 39.0 Å². The van der Waals surface area contributed by atoms with E-state index in [1.807, 2.05) is 0 Å². The third kappa shape index (κ3) is 3.05. The van der Waals surface area contributed by atoms with Crippen LogP contribution >= 0.6 is 11.6 Å². The first-order valence-corrected chi connectivity index (χ1v) is 9.90. The lowest BCUT2D eigenvalue weighted by Crippen LogP contribution is -2.50. The van der Waals surface area contributed by atoms with E-state index in [2.05, 4.69) is 4.98 Å². The van der Waals surface area contributed by atoms with Gasteiger partial charge in [-0.1, -0.05) is 35.9 Å². The molecule has 0 aliphatic carbocycles.